The summed E-state index contributed by atoms with van der Waals surface area (Å²) in [5.41, 5.74) is 8.09. The van der Waals surface area contributed by atoms with Gasteiger partial charge in [-0.05, 0) is 24.5 Å². The maximum Gasteiger partial charge on any atom is 0.116 e. The number of nitrogens with two attached hydrogens (primary N) is 1. The average molecular weight is 239 g/mol. The molecule has 0 spiro atoms. The number of pyridine rings is 1. The zero-order chi connectivity index (χ0) is 9.68. The Labute approximate surface area is 86.7 Å². The maximum atomic E-state index is 5.56. The van der Waals surface area contributed by atoms with Crippen molar-refractivity contribution in [1.29, 1.82) is 0 Å². The lowest BCUT2D eigenvalue weighted by Gasteiger charge is -1.97. The Morgan fingerprint density at radius 1 is 1.62 bits per heavy atom. The SMILES string of the molecule is Cc1cc(N)cnc1C#CCCBr. The zero-order valence-electron chi connectivity index (χ0n) is 7.47. The van der Waals surface area contributed by atoms with E-state index in [9.17, 15) is 0 Å². The van der Waals surface area contributed by atoms with Crippen LogP contribution in [0.1, 0.15) is 17.7 Å². The lowest BCUT2D eigenvalue weighted by Crippen LogP contribution is -1.92. The minimum Gasteiger partial charge on any atom is -0.397 e. The predicted octanol–water partition coefficient (Wildman–Crippen LogP) is 2.11. The second-order valence-corrected chi connectivity index (χ2v) is 3.47. The highest BCUT2D eigenvalue weighted by molar-refractivity contribution is 9.09. The van der Waals surface area contributed by atoms with E-state index in [0.717, 1.165) is 23.0 Å². The number of hydrogen-bond acceptors (Lipinski definition) is 2. The van der Waals surface area contributed by atoms with E-state index in [1.54, 1.807) is 6.20 Å². The molecule has 13 heavy (non-hydrogen) atoms. The molecule has 0 aliphatic carbocycles. The van der Waals surface area contributed by atoms with Crippen molar-refractivity contribution in [2.45, 2.75) is 13.3 Å². The number of hydrogen-bond donors (Lipinski definition) is 1. The van der Waals surface area contributed by atoms with Gasteiger partial charge in [0.15, 0.2) is 0 Å². The summed E-state index contributed by atoms with van der Waals surface area (Å²) >= 11 is 3.31. The summed E-state index contributed by atoms with van der Waals surface area (Å²) in [6, 6.07) is 1.88. The Hall–Kier alpha value is -1.01. The highest BCUT2D eigenvalue weighted by Crippen LogP contribution is 2.07. The summed E-state index contributed by atoms with van der Waals surface area (Å²) in [6.45, 7) is 1.96. The Morgan fingerprint density at radius 3 is 3.00 bits per heavy atom. The van der Waals surface area contributed by atoms with Crippen LogP contribution in [0.2, 0.25) is 0 Å². The van der Waals surface area contributed by atoms with Gasteiger partial charge in [0.05, 0.1) is 11.9 Å². The quantitative estimate of drug-likeness (QED) is 0.602. The van der Waals surface area contributed by atoms with E-state index in [-0.39, 0.29) is 0 Å². The highest BCUT2D eigenvalue weighted by atomic mass is 79.9. The number of nitrogen functional groups attached to an aromatic ring is 1. The Bertz CT molecular complexity index is 350. The fourth-order valence-corrected chi connectivity index (χ4v) is 1.12. The normalized spacial score (nSPS) is 9.08. The number of anilines is 1. The first kappa shape index (κ1) is 10.1. The first-order valence-corrected chi connectivity index (χ1v) is 5.13. The van der Waals surface area contributed by atoms with E-state index in [2.05, 4.69) is 32.8 Å². The van der Waals surface area contributed by atoms with E-state index < -0.39 is 0 Å². The molecule has 3 heteroatoms. The van der Waals surface area contributed by atoms with Crippen molar-refractivity contribution in [3.63, 3.8) is 0 Å². The first-order valence-electron chi connectivity index (χ1n) is 4.01. The number of rotatable bonds is 1. The van der Waals surface area contributed by atoms with Crippen LogP contribution in [0.3, 0.4) is 0 Å². The molecule has 0 aromatic carbocycles. The van der Waals surface area contributed by atoms with Gasteiger partial charge >= 0.3 is 0 Å². The predicted molar refractivity (Wildman–Crippen MR) is 58.7 cm³/mol. The number of alkyl halides is 1. The molecule has 0 aliphatic heterocycles. The fourth-order valence-electron chi connectivity index (χ4n) is 0.921. The van der Waals surface area contributed by atoms with Crippen LogP contribution in [0.4, 0.5) is 5.69 Å². The molecule has 0 saturated heterocycles. The lowest BCUT2D eigenvalue weighted by molar-refractivity contribution is 1.23. The van der Waals surface area contributed by atoms with E-state index in [1.807, 2.05) is 13.0 Å². The largest absolute Gasteiger partial charge is 0.397 e. The smallest absolute Gasteiger partial charge is 0.116 e. The zero-order valence-corrected chi connectivity index (χ0v) is 9.06. The topological polar surface area (TPSA) is 38.9 Å². The highest BCUT2D eigenvalue weighted by Gasteiger charge is 1.95. The van der Waals surface area contributed by atoms with Gasteiger partial charge in [-0.1, -0.05) is 21.9 Å². The van der Waals surface area contributed by atoms with Crippen LogP contribution in [0.5, 0.6) is 0 Å². The van der Waals surface area contributed by atoms with E-state index >= 15 is 0 Å². The maximum absolute atomic E-state index is 5.56. The van der Waals surface area contributed by atoms with E-state index in [0.29, 0.717) is 5.69 Å². The molecule has 1 aromatic heterocycles. The monoisotopic (exact) mass is 238 g/mol. The third-order valence-electron chi connectivity index (χ3n) is 1.53. The van der Waals surface area contributed by atoms with Crippen molar-refractivity contribution < 1.29 is 0 Å². The number of halogens is 1. The van der Waals surface area contributed by atoms with Gasteiger partial charge in [0.2, 0.25) is 0 Å². The summed E-state index contributed by atoms with van der Waals surface area (Å²) in [7, 11) is 0. The van der Waals surface area contributed by atoms with Crippen molar-refractivity contribution >= 4 is 21.6 Å². The molecular formula is C10H11BrN2. The second-order valence-electron chi connectivity index (χ2n) is 2.67. The van der Waals surface area contributed by atoms with Gasteiger partial charge in [0.1, 0.15) is 5.69 Å². The minimum atomic E-state index is 0.684. The molecule has 0 bridgehead atoms. The van der Waals surface area contributed by atoms with Gasteiger partial charge in [0, 0.05) is 11.8 Å². The molecule has 0 aliphatic rings. The van der Waals surface area contributed by atoms with Crippen LogP contribution in [0.25, 0.3) is 0 Å². The molecule has 1 rings (SSSR count). The first-order chi connectivity index (χ1) is 6.24. The molecule has 0 fully saturated rings. The van der Waals surface area contributed by atoms with Gasteiger partial charge in [-0.2, -0.15) is 0 Å². The average Bonchev–Trinajstić information content (AvgIpc) is 2.09. The fraction of sp³-hybridized carbons (Fsp3) is 0.300. The summed E-state index contributed by atoms with van der Waals surface area (Å²) in [5.74, 6) is 6.01. The van der Waals surface area contributed by atoms with Crippen molar-refractivity contribution in [2.75, 3.05) is 11.1 Å². The van der Waals surface area contributed by atoms with Gasteiger partial charge in [-0.15, -0.1) is 0 Å². The van der Waals surface area contributed by atoms with Gasteiger partial charge < -0.3 is 5.73 Å². The number of aromatic nitrogens is 1. The van der Waals surface area contributed by atoms with Crippen molar-refractivity contribution in [3.05, 3.63) is 23.5 Å². The standard InChI is InChI=1S/C10H11BrN2/c1-8-6-9(12)7-13-10(8)4-2-3-5-11/h6-7H,3,5,12H2,1H3. The molecule has 0 radical (unpaired) electrons. The van der Waals surface area contributed by atoms with Crippen LogP contribution in [0, 0.1) is 18.8 Å². The molecular weight excluding hydrogens is 228 g/mol. The molecule has 1 aromatic rings. The molecule has 0 unspecified atom stereocenters. The molecule has 2 N–H and O–H groups in total. The van der Waals surface area contributed by atoms with E-state index in [1.165, 1.54) is 0 Å². The number of nitrogens with zero attached hydrogens (tertiary/aromatic N) is 1. The minimum absolute atomic E-state index is 0.684. The molecule has 68 valence electrons. The third kappa shape index (κ3) is 3.08. The van der Waals surface area contributed by atoms with Crippen LogP contribution in [0.15, 0.2) is 12.3 Å². The van der Waals surface area contributed by atoms with Crippen molar-refractivity contribution in [1.82, 2.24) is 4.98 Å². The lowest BCUT2D eigenvalue weighted by atomic mass is 10.2. The van der Waals surface area contributed by atoms with Gasteiger partial charge in [-0.25, -0.2) is 4.98 Å². The molecule has 0 saturated carbocycles. The Kier molecular flexibility index (Phi) is 3.78. The van der Waals surface area contributed by atoms with Crippen molar-refractivity contribution in [3.8, 4) is 11.8 Å². The summed E-state index contributed by atoms with van der Waals surface area (Å²) in [6.07, 6.45) is 2.47. The molecule has 2 nitrogen and oxygen atoms in total. The van der Waals surface area contributed by atoms with Crippen molar-refractivity contribution in [2.24, 2.45) is 0 Å². The summed E-state index contributed by atoms with van der Waals surface area (Å²) in [5, 5.41) is 0.897. The molecule has 0 amide bonds. The van der Waals surface area contributed by atoms with Crippen LogP contribution in [-0.2, 0) is 0 Å². The second kappa shape index (κ2) is 4.88. The van der Waals surface area contributed by atoms with Crippen LogP contribution < -0.4 is 5.73 Å². The van der Waals surface area contributed by atoms with Crippen LogP contribution >= 0.6 is 15.9 Å². The van der Waals surface area contributed by atoms with Gasteiger partial charge in [0.25, 0.3) is 0 Å². The van der Waals surface area contributed by atoms with Crippen LogP contribution in [-0.4, -0.2) is 10.3 Å². The Morgan fingerprint density at radius 2 is 2.38 bits per heavy atom. The summed E-state index contributed by atoms with van der Waals surface area (Å²) < 4.78 is 0. The summed E-state index contributed by atoms with van der Waals surface area (Å²) in [4.78, 5) is 4.14. The Balaban J connectivity index is 2.85. The van der Waals surface area contributed by atoms with E-state index in [4.69, 9.17) is 5.73 Å². The molecule has 0 atom stereocenters. The third-order valence-corrected chi connectivity index (χ3v) is 1.92. The van der Waals surface area contributed by atoms with Gasteiger partial charge in [-0.3, -0.25) is 0 Å². The molecule has 1 heterocycles. The number of aryl methyl sites for hydroxylation is 1.